The average Bonchev–Trinajstić information content (AvgIpc) is 2.09. The first-order chi connectivity index (χ1) is 6.07. The monoisotopic (exact) mass is 209 g/mol. The van der Waals surface area contributed by atoms with E-state index in [-0.39, 0.29) is 5.02 Å². The van der Waals surface area contributed by atoms with Crippen LogP contribution in [-0.4, -0.2) is 5.11 Å². The number of aromatic hydroxyl groups is 1. The van der Waals surface area contributed by atoms with Crippen molar-refractivity contribution in [2.75, 3.05) is 0 Å². The standard InChI is InChI=1S/C7H6ClF2NO2/c8-4-1-5(9)6(10)3(2-13-11)7(4)12/h1,12H,2,11H2. The highest BCUT2D eigenvalue weighted by Gasteiger charge is 2.16. The maximum Gasteiger partial charge on any atom is 0.168 e. The van der Waals surface area contributed by atoms with Crippen LogP contribution in [0.3, 0.4) is 0 Å². The van der Waals surface area contributed by atoms with E-state index in [9.17, 15) is 8.78 Å². The highest BCUT2D eigenvalue weighted by molar-refractivity contribution is 6.32. The van der Waals surface area contributed by atoms with Gasteiger partial charge >= 0.3 is 0 Å². The Labute approximate surface area is 77.6 Å². The maximum atomic E-state index is 12.9. The van der Waals surface area contributed by atoms with Gasteiger partial charge in [0.1, 0.15) is 5.75 Å². The third-order valence-corrected chi connectivity index (χ3v) is 1.76. The Morgan fingerprint density at radius 2 is 2.15 bits per heavy atom. The number of benzene rings is 1. The smallest absolute Gasteiger partial charge is 0.168 e. The van der Waals surface area contributed by atoms with Crippen molar-refractivity contribution in [2.24, 2.45) is 5.90 Å². The van der Waals surface area contributed by atoms with E-state index in [2.05, 4.69) is 10.7 Å². The molecule has 0 radical (unpaired) electrons. The van der Waals surface area contributed by atoms with E-state index in [4.69, 9.17) is 16.7 Å². The molecule has 0 spiro atoms. The van der Waals surface area contributed by atoms with Crippen LogP contribution in [0.4, 0.5) is 8.78 Å². The molecule has 0 heterocycles. The van der Waals surface area contributed by atoms with E-state index in [1.54, 1.807) is 0 Å². The molecular weight excluding hydrogens is 204 g/mol. The molecule has 0 saturated heterocycles. The highest BCUT2D eigenvalue weighted by atomic mass is 35.5. The van der Waals surface area contributed by atoms with Gasteiger partial charge in [-0.25, -0.2) is 14.7 Å². The largest absolute Gasteiger partial charge is 0.506 e. The zero-order valence-electron chi connectivity index (χ0n) is 6.35. The minimum Gasteiger partial charge on any atom is -0.506 e. The lowest BCUT2D eigenvalue weighted by Crippen LogP contribution is -2.03. The number of halogens is 3. The molecule has 3 nitrogen and oxygen atoms in total. The van der Waals surface area contributed by atoms with E-state index >= 15 is 0 Å². The third-order valence-electron chi connectivity index (χ3n) is 1.47. The third kappa shape index (κ3) is 1.88. The first-order valence-electron chi connectivity index (χ1n) is 3.25. The second-order valence-electron chi connectivity index (χ2n) is 2.29. The molecule has 0 unspecified atom stereocenters. The number of phenols is 1. The predicted molar refractivity (Wildman–Crippen MR) is 42.0 cm³/mol. The number of rotatable bonds is 2. The molecule has 0 bridgehead atoms. The van der Waals surface area contributed by atoms with Gasteiger partial charge in [-0.05, 0) is 6.07 Å². The van der Waals surface area contributed by atoms with Gasteiger partial charge in [0.2, 0.25) is 0 Å². The lowest BCUT2D eigenvalue weighted by Gasteiger charge is -2.06. The molecule has 0 aliphatic carbocycles. The van der Waals surface area contributed by atoms with Crippen LogP contribution in [0.25, 0.3) is 0 Å². The molecule has 0 amide bonds. The number of nitrogens with two attached hydrogens (primary N) is 1. The predicted octanol–water partition coefficient (Wildman–Crippen LogP) is 1.71. The summed E-state index contributed by atoms with van der Waals surface area (Å²) in [6, 6.07) is 0.673. The summed E-state index contributed by atoms with van der Waals surface area (Å²) >= 11 is 5.37. The SMILES string of the molecule is NOCc1c(O)c(Cl)cc(F)c1F. The van der Waals surface area contributed by atoms with Crippen molar-refractivity contribution in [2.45, 2.75) is 6.61 Å². The van der Waals surface area contributed by atoms with Crippen molar-refractivity contribution in [3.05, 3.63) is 28.3 Å². The number of hydrogen-bond acceptors (Lipinski definition) is 3. The molecule has 72 valence electrons. The quantitative estimate of drug-likeness (QED) is 0.576. The molecule has 0 atom stereocenters. The summed E-state index contributed by atoms with van der Waals surface area (Å²) < 4.78 is 25.6. The lowest BCUT2D eigenvalue weighted by atomic mass is 10.2. The summed E-state index contributed by atoms with van der Waals surface area (Å²) in [5.74, 6) is 1.72. The van der Waals surface area contributed by atoms with Crippen molar-refractivity contribution in [3.63, 3.8) is 0 Å². The minimum absolute atomic E-state index is 0.286. The Morgan fingerprint density at radius 3 is 2.69 bits per heavy atom. The number of hydrogen-bond donors (Lipinski definition) is 2. The van der Waals surface area contributed by atoms with Gasteiger partial charge in [0.05, 0.1) is 17.2 Å². The summed E-state index contributed by atoms with van der Waals surface area (Å²) in [5, 5.41) is 8.87. The zero-order chi connectivity index (χ0) is 10.0. The van der Waals surface area contributed by atoms with Crippen molar-refractivity contribution in [3.8, 4) is 5.75 Å². The first-order valence-corrected chi connectivity index (χ1v) is 3.62. The highest BCUT2D eigenvalue weighted by Crippen LogP contribution is 2.31. The minimum atomic E-state index is -1.22. The van der Waals surface area contributed by atoms with Gasteiger partial charge in [-0.15, -0.1) is 0 Å². The van der Waals surface area contributed by atoms with Crippen LogP contribution in [0.1, 0.15) is 5.56 Å². The molecule has 6 heteroatoms. The lowest BCUT2D eigenvalue weighted by molar-refractivity contribution is 0.119. The van der Waals surface area contributed by atoms with Gasteiger partial charge in [-0.3, -0.25) is 4.84 Å². The Bertz CT molecular complexity index is 307. The molecule has 0 fully saturated rings. The normalized spacial score (nSPS) is 10.5. The van der Waals surface area contributed by atoms with Gasteiger partial charge in [0, 0.05) is 0 Å². The molecular formula is C7H6ClF2NO2. The summed E-state index contributed by atoms with van der Waals surface area (Å²) in [6.07, 6.45) is 0. The summed E-state index contributed by atoms with van der Waals surface area (Å²) in [4.78, 5) is 4.07. The zero-order valence-corrected chi connectivity index (χ0v) is 7.11. The molecule has 0 aliphatic rings. The van der Waals surface area contributed by atoms with Crippen molar-refractivity contribution in [1.29, 1.82) is 0 Å². The van der Waals surface area contributed by atoms with E-state index in [0.717, 1.165) is 0 Å². The second kappa shape index (κ2) is 3.87. The maximum absolute atomic E-state index is 12.9. The van der Waals surface area contributed by atoms with Crippen molar-refractivity contribution >= 4 is 11.6 Å². The van der Waals surface area contributed by atoms with Crippen LogP contribution in [0.15, 0.2) is 6.07 Å². The van der Waals surface area contributed by atoms with Gasteiger partial charge < -0.3 is 5.11 Å². The Kier molecular flexibility index (Phi) is 3.02. The summed E-state index contributed by atoms with van der Waals surface area (Å²) in [6.45, 7) is -0.449. The molecule has 0 aliphatic heterocycles. The van der Waals surface area contributed by atoms with Gasteiger partial charge in [0.15, 0.2) is 11.6 Å². The van der Waals surface area contributed by atoms with E-state index in [1.165, 1.54) is 0 Å². The Morgan fingerprint density at radius 1 is 1.54 bits per heavy atom. The molecule has 0 aromatic heterocycles. The van der Waals surface area contributed by atoms with Crippen LogP contribution >= 0.6 is 11.6 Å². The molecule has 0 saturated carbocycles. The van der Waals surface area contributed by atoms with E-state index < -0.39 is 29.6 Å². The van der Waals surface area contributed by atoms with E-state index in [1.807, 2.05) is 0 Å². The Balaban J connectivity index is 3.28. The van der Waals surface area contributed by atoms with Crippen LogP contribution in [-0.2, 0) is 11.4 Å². The molecule has 1 aromatic rings. The average molecular weight is 210 g/mol. The van der Waals surface area contributed by atoms with Crippen LogP contribution in [0, 0.1) is 11.6 Å². The van der Waals surface area contributed by atoms with Gasteiger partial charge in [0.25, 0.3) is 0 Å². The van der Waals surface area contributed by atoms with Gasteiger partial charge in [-0.2, -0.15) is 0 Å². The first kappa shape index (κ1) is 10.2. The van der Waals surface area contributed by atoms with Crippen molar-refractivity contribution < 1.29 is 18.7 Å². The fourth-order valence-electron chi connectivity index (χ4n) is 0.850. The summed E-state index contributed by atoms with van der Waals surface area (Å²) in [5.41, 5.74) is -0.396. The molecule has 1 aromatic carbocycles. The van der Waals surface area contributed by atoms with Crippen LogP contribution in [0.5, 0.6) is 5.75 Å². The second-order valence-corrected chi connectivity index (χ2v) is 2.70. The van der Waals surface area contributed by atoms with E-state index in [0.29, 0.717) is 6.07 Å². The fourth-order valence-corrected chi connectivity index (χ4v) is 1.06. The van der Waals surface area contributed by atoms with Gasteiger partial charge in [-0.1, -0.05) is 11.6 Å². The van der Waals surface area contributed by atoms with Crippen molar-refractivity contribution in [1.82, 2.24) is 0 Å². The molecule has 3 N–H and O–H groups in total. The Hall–Kier alpha value is -0.910. The molecule has 1 rings (SSSR count). The topological polar surface area (TPSA) is 55.5 Å². The molecule has 13 heavy (non-hydrogen) atoms. The fraction of sp³-hybridized carbons (Fsp3) is 0.143. The van der Waals surface area contributed by atoms with Crippen LogP contribution in [0.2, 0.25) is 5.02 Å². The summed E-state index contributed by atoms with van der Waals surface area (Å²) in [7, 11) is 0. The number of phenolic OH excluding ortho intramolecular Hbond substituents is 1. The van der Waals surface area contributed by atoms with Crippen LogP contribution < -0.4 is 5.90 Å².